The molecule has 0 radical (unpaired) electrons. The predicted molar refractivity (Wildman–Crippen MR) is 140 cm³/mol. The number of hydrogen-bond donors (Lipinski definition) is 0. The van der Waals surface area contributed by atoms with Crippen molar-refractivity contribution in [2.45, 2.75) is 39.6 Å². The summed E-state index contributed by atoms with van der Waals surface area (Å²) in [4.78, 5) is 25.6. The molecule has 0 saturated carbocycles. The Labute approximate surface area is 225 Å². The second-order valence-corrected chi connectivity index (χ2v) is 9.49. The van der Waals surface area contributed by atoms with Gasteiger partial charge in [0.25, 0.3) is 5.56 Å². The number of pyridine rings is 3. The summed E-state index contributed by atoms with van der Waals surface area (Å²) in [5.41, 5.74) is 0.930. The number of benzene rings is 1. The smallest absolute Gasteiger partial charge is 0.421 e. The largest absolute Gasteiger partial charge is 0.487 e. The van der Waals surface area contributed by atoms with Gasteiger partial charge in [-0.25, -0.2) is 9.37 Å². The zero-order valence-electron chi connectivity index (χ0n) is 20.8. The topological polar surface area (TPSA) is 69.4 Å². The van der Waals surface area contributed by atoms with E-state index in [9.17, 15) is 22.4 Å². The number of fused-ring (bicyclic) bond motifs is 1. The van der Waals surface area contributed by atoms with Crippen LogP contribution < -0.4 is 10.3 Å². The second kappa shape index (κ2) is 10.3. The van der Waals surface area contributed by atoms with E-state index in [0.717, 1.165) is 33.8 Å². The fraction of sp³-hybridized carbons (Fsp3) is 0.214. The summed E-state index contributed by atoms with van der Waals surface area (Å²) in [5.74, 6) is -0.203. The third-order valence-electron chi connectivity index (χ3n) is 6.44. The van der Waals surface area contributed by atoms with Crippen LogP contribution in [0, 0.1) is 19.7 Å². The van der Waals surface area contributed by atoms with E-state index >= 15 is 0 Å². The van der Waals surface area contributed by atoms with Crippen molar-refractivity contribution < 1.29 is 22.3 Å². The molecule has 0 unspecified atom stereocenters. The predicted octanol–water partition coefficient (Wildman–Crippen LogP) is 6.58. The molecule has 1 aliphatic rings. The van der Waals surface area contributed by atoms with Crippen LogP contribution in [0.25, 0.3) is 16.6 Å². The molecule has 0 spiro atoms. The van der Waals surface area contributed by atoms with Crippen LogP contribution in [0.3, 0.4) is 0 Å². The molecular weight excluding hydrogens is 536 g/mol. The van der Waals surface area contributed by atoms with Crippen LogP contribution >= 0.6 is 11.6 Å². The number of aryl methyl sites for hydroxylation is 1. The van der Waals surface area contributed by atoms with Gasteiger partial charge < -0.3 is 9.30 Å². The Bertz CT molecular complexity index is 1730. The molecule has 39 heavy (non-hydrogen) atoms. The monoisotopic (exact) mass is 556 g/mol. The summed E-state index contributed by atoms with van der Waals surface area (Å²) in [6, 6.07) is 9.11. The molecule has 0 saturated heterocycles. The van der Waals surface area contributed by atoms with Crippen LogP contribution in [0.4, 0.5) is 17.6 Å². The van der Waals surface area contributed by atoms with Crippen LogP contribution in [0.5, 0.6) is 5.75 Å². The quantitative estimate of drug-likeness (QED) is 0.252. The minimum atomic E-state index is -4.80. The van der Waals surface area contributed by atoms with Gasteiger partial charge in [0.1, 0.15) is 29.3 Å². The first-order chi connectivity index (χ1) is 18.5. The summed E-state index contributed by atoms with van der Waals surface area (Å²) in [6.45, 7) is 2.89. The number of allylic oxidation sites excluding steroid dienone is 1. The number of ether oxygens (including phenoxy) is 1. The maximum atomic E-state index is 14.5. The number of aliphatic imine (C=N–C) groups is 1. The van der Waals surface area contributed by atoms with E-state index in [1.165, 1.54) is 13.1 Å². The molecule has 11 heteroatoms. The van der Waals surface area contributed by atoms with Gasteiger partial charge >= 0.3 is 6.18 Å². The van der Waals surface area contributed by atoms with Gasteiger partial charge in [0, 0.05) is 46.1 Å². The Balaban J connectivity index is 1.52. The van der Waals surface area contributed by atoms with Gasteiger partial charge in [0.05, 0.1) is 24.1 Å². The van der Waals surface area contributed by atoms with Crippen molar-refractivity contribution in [2.75, 3.05) is 0 Å². The summed E-state index contributed by atoms with van der Waals surface area (Å²) in [7, 11) is 0. The van der Waals surface area contributed by atoms with Gasteiger partial charge in [-0.2, -0.15) is 13.2 Å². The molecule has 4 aromatic rings. The highest BCUT2D eigenvalue weighted by atomic mass is 35.5. The normalized spacial score (nSPS) is 13.5. The zero-order valence-corrected chi connectivity index (χ0v) is 21.6. The van der Waals surface area contributed by atoms with Crippen LogP contribution in [0.2, 0.25) is 0 Å². The standard InChI is InChI=1S/C28H21ClF4N4O2/c1-15-11-18(25-21(29)8-9-34-25)17-5-3-7-24(26(17)36-15)39-14-19-16(2)22(30)12-35-23(19)13-37-10-4-6-20(27(37)38)28(31,32)33/h3-7,9-12H,8,13-14H2,1-2H3. The Morgan fingerprint density at radius 1 is 1.15 bits per heavy atom. The molecule has 0 bridgehead atoms. The van der Waals surface area contributed by atoms with Crippen LogP contribution in [0.15, 0.2) is 63.6 Å². The van der Waals surface area contributed by atoms with E-state index in [1.807, 2.05) is 19.1 Å². The van der Waals surface area contributed by atoms with Crippen molar-refractivity contribution in [3.63, 3.8) is 0 Å². The van der Waals surface area contributed by atoms with E-state index in [0.29, 0.717) is 39.7 Å². The molecule has 1 aromatic carbocycles. The highest BCUT2D eigenvalue weighted by molar-refractivity contribution is 6.35. The number of aromatic nitrogens is 3. The summed E-state index contributed by atoms with van der Waals surface area (Å²) in [5, 5.41) is 1.37. The molecule has 0 fully saturated rings. The Hall–Kier alpha value is -4.05. The zero-order chi connectivity index (χ0) is 27.9. The van der Waals surface area contributed by atoms with Gasteiger partial charge in [-0.1, -0.05) is 23.7 Å². The molecule has 0 N–H and O–H groups in total. The first kappa shape index (κ1) is 26.6. The number of halogens is 5. The summed E-state index contributed by atoms with van der Waals surface area (Å²) >= 11 is 6.38. The number of hydrogen-bond acceptors (Lipinski definition) is 5. The number of para-hydroxylation sites is 1. The third kappa shape index (κ3) is 5.16. The third-order valence-corrected chi connectivity index (χ3v) is 6.78. The van der Waals surface area contributed by atoms with Gasteiger partial charge in [-0.05, 0) is 43.7 Å². The average Bonchev–Trinajstić information content (AvgIpc) is 3.31. The molecule has 6 nitrogen and oxygen atoms in total. The minimum Gasteiger partial charge on any atom is -0.487 e. The van der Waals surface area contributed by atoms with Crippen LogP contribution in [-0.4, -0.2) is 20.7 Å². The van der Waals surface area contributed by atoms with E-state index < -0.39 is 23.1 Å². The molecule has 1 aliphatic heterocycles. The molecule has 3 aromatic heterocycles. The lowest BCUT2D eigenvalue weighted by Crippen LogP contribution is -2.29. The number of rotatable bonds is 6. The molecular formula is C28H21ClF4N4O2. The van der Waals surface area contributed by atoms with Crippen molar-refractivity contribution in [3.8, 4) is 5.75 Å². The SMILES string of the molecule is Cc1cc(C2=C(Cl)CC=N2)c2cccc(OCc3c(Cn4cccc(C(F)(F)F)c4=O)ncc(F)c3C)c2n1. The lowest BCUT2D eigenvalue weighted by molar-refractivity contribution is -0.138. The first-order valence-corrected chi connectivity index (χ1v) is 12.3. The summed E-state index contributed by atoms with van der Waals surface area (Å²) < 4.78 is 61.3. The van der Waals surface area contributed by atoms with Crippen molar-refractivity contribution in [2.24, 2.45) is 4.99 Å². The molecule has 5 rings (SSSR count). The lowest BCUT2D eigenvalue weighted by atomic mass is 10.0. The number of alkyl halides is 3. The van der Waals surface area contributed by atoms with E-state index in [2.05, 4.69) is 15.0 Å². The van der Waals surface area contributed by atoms with Gasteiger partial charge in [0.15, 0.2) is 0 Å². The highest BCUT2D eigenvalue weighted by Gasteiger charge is 2.34. The second-order valence-electron chi connectivity index (χ2n) is 9.03. The fourth-order valence-electron chi connectivity index (χ4n) is 4.45. The molecule has 4 heterocycles. The van der Waals surface area contributed by atoms with Crippen molar-refractivity contribution in [3.05, 3.63) is 104 Å². The maximum absolute atomic E-state index is 14.5. The Morgan fingerprint density at radius 3 is 2.67 bits per heavy atom. The Kier molecular flexibility index (Phi) is 6.98. The van der Waals surface area contributed by atoms with Crippen molar-refractivity contribution in [1.82, 2.24) is 14.5 Å². The number of nitrogens with zero attached hydrogens (tertiary/aromatic N) is 4. The van der Waals surface area contributed by atoms with Gasteiger partial charge in [0.2, 0.25) is 0 Å². The van der Waals surface area contributed by atoms with E-state index in [1.54, 1.807) is 18.3 Å². The molecule has 0 atom stereocenters. The van der Waals surface area contributed by atoms with Crippen molar-refractivity contribution >= 4 is 34.4 Å². The molecule has 0 aliphatic carbocycles. The Morgan fingerprint density at radius 2 is 1.95 bits per heavy atom. The molecule has 200 valence electrons. The van der Waals surface area contributed by atoms with E-state index in [4.69, 9.17) is 16.3 Å². The van der Waals surface area contributed by atoms with Gasteiger partial charge in [-0.15, -0.1) is 0 Å². The van der Waals surface area contributed by atoms with Crippen LogP contribution in [0.1, 0.15) is 40.1 Å². The first-order valence-electron chi connectivity index (χ1n) is 11.9. The highest BCUT2D eigenvalue weighted by Crippen LogP contribution is 2.36. The summed E-state index contributed by atoms with van der Waals surface area (Å²) in [6.07, 6.45) is -0.328. The van der Waals surface area contributed by atoms with Crippen LogP contribution in [-0.2, 0) is 19.3 Å². The van der Waals surface area contributed by atoms with Crippen molar-refractivity contribution in [1.29, 1.82) is 0 Å². The minimum absolute atomic E-state index is 0.161. The fourth-order valence-corrected chi connectivity index (χ4v) is 4.67. The maximum Gasteiger partial charge on any atom is 0.421 e. The average molecular weight is 557 g/mol. The van der Waals surface area contributed by atoms with Gasteiger partial charge in [-0.3, -0.25) is 14.8 Å². The molecule has 0 amide bonds. The lowest BCUT2D eigenvalue weighted by Gasteiger charge is -2.17. The van der Waals surface area contributed by atoms with E-state index in [-0.39, 0.29) is 24.4 Å².